The summed E-state index contributed by atoms with van der Waals surface area (Å²) in [6, 6.07) is 16.4. The van der Waals surface area contributed by atoms with Crippen LogP contribution < -0.4 is 10.2 Å². The van der Waals surface area contributed by atoms with Crippen molar-refractivity contribution in [2.45, 2.75) is 12.1 Å². The first-order chi connectivity index (χ1) is 13.2. The first-order valence-corrected chi connectivity index (χ1v) is 8.97. The van der Waals surface area contributed by atoms with Crippen LogP contribution in [0.15, 0.2) is 54.6 Å². The molecule has 2 aliphatic rings. The highest BCUT2D eigenvalue weighted by molar-refractivity contribution is 5.91. The van der Waals surface area contributed by atoms with Crippen molar-refractivity contribution in [1.29, 1.82) is 0 Å². The third-order valence-electron chi connectivity index (χ3n) is 5.00. The van der Waals surface area contributed by atoms with Crippen LogP contribution in [0, 0.1) is 0 Å². The maximum Gasteiger partial charge on any atom is 0.414 e. The van der Waals surface area contributed by atoms with Gasteiger partial charge in [-0.2, -0.15) is 0 Å². The summed E-state index contributed by atoms with van der Waals surface area (Å²) in [5.41, 5.74) is 2.54. The Morgan fingerprint density at radius 3 is 2.52 bits per heavy atom. The van der Waals surface area contributed by atoms with Crippen LogP contribution in [0.4, 0.5) is 15.3 Å². The molecule has 2 aliphatic heterocycles. The van der Waals surface area contributed by atoms with E-state index in [4.69, 9.17) is 4.74 Å². The maximum atomic E-state index is 12.6. The normalized spacial score (nSPS) is 22.1. The number of urea groups is 1. The molecule has 27 heavy (non-hydrogen) atoms. The summed E-state index contributed by atoms with van der Waals surface area (Å²) in [6.45, 7) is 0.884. The summed E-state index contributed by atoms with van der Waals surface area (Å²) in [5.74, 6) is 0. The van der Waals surface area contributed by atoms with Crippen LogP contribution in [0.5, 0.6) is 0 Å². The highest BCUT2D eigenvalue weighted by Gasteiger charge is 2.42. The van der Waals surface area contributed by atoms with E-state index in [-0.39, 0.29) is 37.4 Å². The number of nitrogens with zero attached hydrogens (tertiary/aromatic N) is 2. The Balaban J connectivity index is 1.80. The van der Waals surface area contributed by atoms with Crippen molar-refractivity contribution in [2.24, 2.45) is 0 Å². The number of carbonyl (C=O) groups excluding carboxylic acids is 2. The van der Waals surface area contributed by atoms with E-state index >= 15 is 0 Å². The number of nitrogens with one attached hydrogen (secondary N) is 1. The van der Waals surface area contributed by atoms with Gasteiger partial charge in [0.1, 0.15) is 6.61 Å². The van der Waals surface area contributed by atoms with E-state index in [1.165, 1.54) is 0 Å². The van der Waals surface area contributed by atoms with Gasteiger partial charge in [-0.1, -0.05) is 48.5 Å². The minimum atomic E-state index is -0.385. The van der Waals surface area contributed by atoms with Gasteiger partial charge in [0.05, 0.1) is 30.9 Å². The summed E-state index contributed by atoms with van der Waals surface area (Å²) in [4.78, 5) is 28.0. The number of aliphatic hydroxyl groups excluding tert-OH is 1. The topological polar surface area (TPSA) is 82.1 Å². The Morgan fingerprint density at radius 1 is 1.07 bits per heavy atom. The molecule has 0 aliphatic carbocycles. The zero-order valence-electron chi connectivity index (χ0n) is 14.7. The van der Waals surface area contributed by atoms with Gasteiger partial charge in [0.2, 0.25) is 0 Å². The van der Waals surface area contributed by atoms with Gasteiger partial charge in [-0.15, -0.1) is 0 Å². The van der Waals surface area contributed by atoms with E-state index < -0.39 is 0 Å². The van der Waals surface area contributed by atoms with Crippen LogP contribution in [-0.4, -0.2) is 48.4 Å². The molecule has 2 aromatic rings. The number of β-amino-alcohol motifs (C(OH)–C–C–N with tert-alkyl or cyclic N) is 1. The number of benzene rings is 2. The Morgan fingerprint density at radius 2 is 1.81 bits per heavy atom. The van der Waals surface area contributed by atoms with E-state index in [0.717, 1.165) is 16.8 Å². The number of carbonyl (C=O) groups is 2. The molecule has 7 heteroatoms. The third kappa shape index (κ3) is 3.10. The summed E-state index contributed by atoms with van der Waals surface area (Å²) in [6.07, 6.45) is -0.385. The average molecular weight is 367 g/mol. The molecule has 140 valence electrons. The summed E-state index contributed by atoms with van der Waals surface area (Å²) in [5, 5.41) is 12.5. The summed E-state index contributed by atoms with van der Waals surface area (Å²) in [7, 11) is 0. The molecule has 2 N–H and O–H groups in total. The van der Waals surface area contributed by atoms with Gasteiger partial charge in [-0.3, -0.25) is 4.90 Å². The largest absolute Gasteiger partial charge is 0.447 e. The van der Waals surface area contributed by atoms with Crippen molar-refractivity contribution in [3.8, 4) is 0 Å². The number of para-hydroxylation sites is 1. The number of rotatable bonds is 5. The van der Waals surface area contributed by atoms with E-state index in [9.17, 15) is 14.7 Å². The van der Waals surface area contributed by atoms with Crippen LogP contribution in [0.3, 0.4) is 0 Å². The fraction of sp³-hybridized carbons (Fsp3) is 0.300. The van der Waals surface area contributed by atoms with E-state index in [1.807, 2.05) is 54.6 Å². The minimum Gasteiger partial charge on any atom is -0.447 e. The molecule has 3 amide bonds. The highest BCUT2D eigenvalue weighted by atomic mass is 16.6. The molecule has 2 saturated heterocycles. The number of ether oxygens (including phenoxy) is 1. The molecular weight excluding hydrogens is 346 g/mol. The second-order valence-corrected chi connectivity index (χ2v) is 6.52. The van der Waals surface area contributed by atoms with Gasteiger partial charge >= 0.3 is 12.1 Å². The fourth-order valence-electron chi connectivity index (χ4n) is 3.82. The molecule has 0 saturated carbocycles. The smallest absolute Gasteiger partial charge is 0.414 e. The number of hydrogen-bond acceptors (Lipinski definition) is 4. The van der Waals surface area contributed by atoms with E-state index in [0.29, 0.717) is 13.2 Å². The lowest BCUT2D eigenvalue weighted by Crippen LogP contribution is -2.33. The predicted molar refractivity (Wildman–Crippen MR) is 99.4 cm³/mol. The van der Waals surface area contributed by atoms with Crippen LogP contribution in [0.2, 0.25) is 0 Å². The standard InChI is InChI=1S/C20H21N3O4/c24-12-10-23-18(17(21-19(23)25)14-6-2-1-3-7-14)15-8-4-5-9-16(15)22-11-13-27-20(22)26/h1-9,17-18,24H,10-13H2,(H,21,25). The Bertz CT molecular complexity index is 842. The number of hydrogen-bond donors (Lipinski definition) is 2. The lowest BCUT2D eigenvalue weighted by molar-refractivity contribution is 0.175. The molecule has 2 unspecified atom stereocenters. The zero-order valence-corrected chi connectivity index (χ0v) is 14.7. The average Bonchev–Trinajstić information content (AvgIpc) is 3.26. The second-order valence-electron chi connectivity index (χ2n) is 6.52. The van der Waals surface area contributed by atoms with Crippen LogP contribution in [0.25, 0.3) is 0 Å². The van der Waals surface area contributed by atoms with Crippen molar-refractivity contribution in [3.05, 3.63) is 65.7 Å². The van der Waals surface area contributed by atoms with Gasteiger partial charge in [-0.25, -0.2) is 9.59 Å². The molecule has 7 nitrogen and oxygen atoms in total. The Kier molecular flexibility index (Phi) is 4.68. The molecule has 2 fully saturated rings. The second kappa shape index (κ2) is 7.28. The van der Waals surface area contributed by atoms with Gasteiger partial charge in [0.15, 0.2) is 0 Å². The molecule has 0 radical (unpaired) electrons. The van der Waals surface area contributed by atoms with Gasteiger partial charge in [0.25, 0.3) is 0 Å². The number of aliphatic hydroxyl groups is 1. The van der Waals surface area contributed by atoms with Gasteiger partial charge in [-0.05, 0) is 11.6 Å². The maximum absolute atomic E-state index is 12.6. The lowest BCUT2D eigenvalue weighted by Gasteiger charge is -2.30. The molecule has 0 aromatic heterocycles. The van der Waals surface area contributed by atoms with E-state index in [2.05, 4.69) is 5.32 Å². The van der Waals surface area contributed by atoms with Crippen LogP contribution in [-0.2, 0) is 4.74 Å². The van der Waals surface area contributed by atoms with Crippen molar-refractivity contribution < 1.29 is 19.4 Å². The van der Waals surface area contributed by atoms with Gasteiger partial charge < -0.3 is 20.1 Å². The number of amides is 3. The first-order valence-electron chi connectivity index (χ1n) is 8.97. The first kappa shape index (κ1) is 17.4. The van der Waals surface area contributed by atoms with Crippen LogP contribution >= 0.6 is 0 Å². The van der Waals surface area contributed by atoms with Crippen molar-refractivity contribution >= 4 is 17.8 Å². The highest BCUT2D eigenvalue weighted by Crippen LogP contribution is 2.42. The molecule has 0 spiro atoms. The summed E-state index contributed by atoms with van der Waals surface area (Å²) < 4.78 is 5.10. The molecule has 2 heterocycles. The van der Waals surface area contributed by atoms with Crippen molar-refractivity contribution in [3.63, 3.8) is 0 Å². The lowest BCUT2D eigenvalue weighted by atomic mass is 9.92. The Hall–Kier alpha value is -3.06. The number of cyclic esters (lactones) is 1. The molecular formula is C20H21N3O4. The number of anilines is 1. The SMILES string of the molecule is O=C1OCCN1c1ccccc1C1C(c2ccccc2)NC(=O)N1CCO. The zero-order chi connectivity index (χ0) is 18.8. The minimum absolute atomic E-state index is 0.140. The fourth-order valence-corrected chi connectivity index (χ4v) is 3.82. The van der Waals surface area contributed by atoms with Crippen molar-refractivity contribution in [2.75, 3.05) is 31.2 Å². The molecule has 2 aromatic carbocycles. The predicted octanol–water partition coefficient (Wildman–Crippen LogP) is 2.44. The van der Waals surface area contributed by atoms with Crippen LogP contribution in [0.1, 0.15) is 23.2 Å². The molecule has 4 rings (SSSR count). The Labute approximate surface area is 157 Å². The molecule has 0 bridgehead atoms. The quantitative estimate of drug-likeness (QED) is 0.850. The summed E-state index contributed by atoms with van der Waals surface area (Å²) >= 11 is 0. The third-order valence-corrected chi connectivity index (χ3v) is 5.00. The monoisotopic (exact) mass is 367 g/mol. The van der Waals surface area contributed by atoms with E-state index in [1.54, 1.807) is 9.80 Å². The van der Waals surface area contributed by atoms with Gasteiger partial charge in [0, 0.05) is 12.1 Å². The van der Waals surface area contributed by atoms with Crippen molar-refractivity contribution in [1.82, 2.24) is 10.2 Å². The molecule has 2 atom stereocenters.